The second-order valence-electron chi connectivity index (χ2n) is 6.04. The number of hydrogen-bond donors (Lipinski definition) is 1. The van der Waals surface area contributed by atoms with E-state index >= 15 is 0 Å². The Bertz CT molecular complexity index is 201. The Balaban J connectivity index is 2.09. The Morgan fingerprint density at radius 2 is 1.83 bits per heavy atom. The highest BCUT2D eigenvalue weighted by Crippen LogP contribution is 2.30. The molecule has 3 heteroatoms. The van der Waals surface area contributed by atoms with Crippen LogP contribution in [0, 0.1) is 11.8 Å². The molecule has 1 aliphatic carbocycles. The topological polar surface area (TPSA) is 30.5 Å². The van der Waals surface area contributed by atoms with Crippen molar-refractivity contribution in [2.45, 2.75) is 58.7 Å². The molecule has 1 fully saturated rings. The zero-order valence-electron chi connectivity index (χ0n) is 12.6. The van der Waals surface area contributed by atoms with E-state index < -0.39 is 0 Å². The third kappa shape index (κ3) is 6.72. The van der Waals surface area contributed by atoms with E-state index in [0.29, 0.717) is 12.2 Å². The highest BCUT2D eigenvalue weighted by atomic mass is 16.5. The van der Waals surface area contributed by atoms with E-state index in [1.54, 1.807) is 7.11 Å². The molecule has 0 aliphatic heterocycles. The van der Waals surface area contributed by atoms with E-state index in [1.807, 2.05) is 0 Å². The summed E-state index contributed by atoms with van der Waals surface area (Å²) in [7, 11) is 1.75. The molecule has 0 saturated heterocycles. The third-order valence-electron chi connectivity index (χ3n) is 3.69. The number of nitrogens with one attached hydrogen (secondary N) is 1. The van der Waals surface area contributed by atoms with Gasteiger partial charge in [0, 0.05) is 20.3 Å². The molecule has 0 aromatic heterocycles. The first-order valence-electron chi connectivity index (χ1n) is 7.47. The molecule has 0 bridgehead atoms. The normalized spacial score (nSPS) is 30.3. The third-order valence-corrected chi connectivity index (χ3v) is 3.69. The molecule has 0 amide bonds. The summed E-state index contributed by atoms with van der Waals surface area (Å²) in [5.74, 6) is 1.64. The molecule has 0 aromatic carbocycles. The largest absolute Gasteiger partial charge is 0.385 e. The second kappa shape index (κ2) is 8.89. The fourth-order valence-corrected chi connectivity index (χ4v) is 3.01. The molecule has 0 heterocycles. The van der Waals surface area contributed by atoms with Crippen molar-refractivity contribution in [3.05, 3.63) is 0 Å². The van der Waals surface area contributed by atoms with Gasteiger partial charge in [0.1, 0.15) is 0 Å². The van der Waals surface area contributed by atoms with Gasteiger partial charge in [-0.25, -0.2) is 0 Å². The van der Waals surface area contributed by atoms with E-state index in [9.17, 15) is 0 Å². The molecule has 0 radical (unpaired) electrons. The standard InChI is InChI=1S/C15H31NO2/c1-12-8-13(2)10-15(9-12)18-14(3)11-16-6-5-7-17-4/h12-16H,5-11H2,1-4H3. The van der Waals surface area contributed by atoms with Gasteiger partial charge < -0.3 is 14.8 Å². The lowest BCUT2D eigenvalue weighted by Gasteiger charge is -2.33. The van der Waals surface area contributed by atoms with Gasteiger partial charge in [0.25, 0.3) is 0 Å². The molecule has 0 aromatic rings. The second-order valence-corrected chi connectivity index (χ2v) is 6.04. The van der Waals surface area contributed by atoms with E-state index in [1.165, 1.54) is 19.3 Å². The van der Waals surface area contributed by atoms with Gasteiger partial charge in [0.2, 0.25) is 0 Å². The summed E-state index contributed by atoms with van der Waals surface area (Å²) in [5.41, 5.74) is 0. The predicted molar refractivity (Wildman–Crippen MR) is 75.9 cm³/mol. The molecular weight excluding hydrogens is 226 g/mol. The summed E-state index contributed by atoms with van der Waals surface area (Å²) in [5, 5.41) is 3.43. The van der Waals surface area contributed by atoms with Crippen LogP contribution >= 0.6 is 0 Å². The van der Waals surface area contributed by atoms with Gasteiger partial charge in [-0.05, 0) is 51.0 Å². The molecule has 3 unspecified atom stereocenters. The lowest BCUT2D eigenvalue weighted by Crippen LogP contribution is -2.34. The van der Waals surface area contributed by atoms with Crippen LogP contribution in [-0.2, 0) is 9.47 Å². The van der Waals surface area contributed by atoms with Crippen molar-refractivity contribution < 1.29 is 9.47 Å². The lowest BCUT2D eigenvalue weighted by molar-refractivity contribution is -0.0400. The van der Waals surface area contributed by atoms with Crippen LogP contribution in [0.3, 0.4) is 0 Å². The van der Waals surface area contributed by atoms with Crippen molar-refractivity contribution in [1.29, 1.82) is 0 Å². The molecule has 1 saturated carbocycles. The van der Waals surface area contributed by atoms with Gasteiger partial charge in [-0.1, -0.05) is 13.8 Å². The summed E-state index contributed by atoms with van der Waals surface area (Å²) in [6.07, 6.45) is 5.69. The first-order valence-corrected chi connectivity index (χ1v) is 7.47. The number of hydrogen-bond acceptors (Lipinski definition) is 3. The quantitative estimate of drug-likeness (QED) is 0.678. The van der Waals surface area contributed by atoms with Crippen LogP contribution < -0.4 is 5.32 Å². The highest BCUT2D eigenvalue weighted by molar-refractivity contribution is 4.76. The lowest BCUT2D eigenvalue weighted by atomic mass is 9.82. The summed E-state index contributed by atoms with van der Waals surface area (Å²) < 4.78 is 11.2. The molecule has 3 nitrogen and oxygen atoms in total. The van der Waals surface area contributed by atoms with Crippen molar-refractivity contribution >= 4 is 0 Å². The van der Waals surface area contributed by atoms with Gasteiger partial charge in [-0.15, -0.1) is 0 Å². The molecule has 3 atom stereocenters. The van der Waals surface area contributed by atoms with Crippen molar-refractivity contribution in [3.63, 3.8) is 0 Å². The Kier molecular flexibility index (Phi) is 7.87. The number of rotatable bonds is 8. The van der Waals surface area contributed by atoms with Gasteiger partial charge in [0.05, 0.1) is 12.2 Å². The summed E-state index contributed by atoms with van der Waals surface area (Å²) in [4.78, 5) is 0. The van der Waals surface area contributed by atoms with Crippen molar-refractivity contribution in [2.75, 3.05) is 26.8 Å². The minimum absolute atomic E-state index is 0.315. The summed E-state index contributed by atoms with van der Waals surface area (Å²) >= 11 is 0. The predicted octanol–water partition coefficient (Wildman–Crippen LogP) is 2.84. The van der Waals surface area contributed by atoms with E-state index in [-0.39, 0.29) is 0 Å². The molecule has 1 aliphatic rings. The van der Waals surface area contributed by atoms with Gasteiger partial charge in [0.15, 0.2) is 0 Å². The van der Waals surface area contributed by atoms with Crippen LogP contribution in [0.15, 0.2) is 0 Å². The molecule has 1 N–H and O–H groups in total. The number of ether oxygens (including phenoxy) is 2. The fraction of sp³-hybridized carbons (Fsp3) is 1.00. The Hall–Kier alpha value is -0.120. The Labute approximate surface area is 113 Å². The van der Waals surface area contributed by atoms with Crippen LogP contribution in [0.2, 0.25) is 0 Å². The van der Waals surface area contributed by atoms with Crippen LogP contribution in [0.1, 0.15) is 46.5 Å². The maximum Gasteiger partial charge on any atom is 0.0675 e. The van der Waals surface area contributed by atoms with Gasteiger partial charge in [-0.3, -0.25) is 0 Å². The van der Waals surface area contributed by atoms with Gasteiger partial charge >= 0.3 is 0 Å². The minimum Gasteiger partial charge on any atom is -0.385 e. The van der Waals surface area contributed by atoms with Crippen LogP contribution in [0.25, 0.3) is 0 Å². The molecule has 0 spiro atoms. The van der Waals surface area contributed by atoms with Crippen molar-refractivity contribution in [2.24, 2.45) is 11.8 Å². The van der Waals surface area contributed by atoms with Crippen LogP contribution in [0.5, 0.6) is 0 Å². The summed E-state index contributed by atoms with van der Waals surface area (Å²) in [6.45, 7) is 9.66. The monoisotopic (exact) mass is 257 g/mol. The maximum absolute atomic E-state index is 6.14. The fourth-order valence-electron chi connectivity index (χ4n) is 3.01. The molecular formula is C15H31NO2. The SMILES string of the molecule is COCCCNCC(C)OC1CC(C)CC(C)C1. The average Bonchev–Trinajstić information content (AvgIpc) is 2.27. The van der Waals surface area contributed by atoms with E-state index in [2.05, 4.69) is 26.1 Å². The maximum atomic E-state index is 6.14. The first kappa shape index (κ1) is 15.9. The molecule has 18 heavy (non-hydrogen) atoms. The average molecular weight is 257 g/mol. The zero-order chi connectivity index (χ0) is 13.4. The zero-order valence-corrected chi connectivity index (χ0v) is 12.6. The highest BCUT2D eigenvalue weighted by Gasteiger charge is 2.25. The van der Waals surface area contributed by atoms with E-state index in [4.69, 9.17) is 9.47 Å². The summed E-state index contributed by atoms with van der Waals surface area (Å²) in [6, 6.07) is 0. The van der Waals surface area contributed by atoms with Crippen molar-refractivity contribution in [1.82, 2.24) is 5.32 Å². The first-order chi connectivity index (χ1) is 8.61. The Morgan fingerprint density at radius 3 is 2.44 bits per heavy atom. The molecule has 108 valence electrons. The van der Waals surface area contributed by atoms with Crippen LogP contribution in [0.4, 0.5) is 0 Å². The van der Waals surface area contributed by atoms with Gasteiger partial charge in [-0.2, -0.15) is 0 Å². The number of methoxy groups -OCH3 is 1. The van der Waals surface area contributed by atoms with Crippen molar-refractivity contribution in [3.8, 4) is 0 Å². The van der Waals surface area contributed by atoms with Crippen LogP contribution in [-0.4, -0.2) is 39.0 Å². The molecule has 1 rings (SSSR count). The minimum atomic E-state index is 0.315. The Morgan fingerprint density at radius 1 is 1.17 bits per heavy atom. The smallest absolute Gasteiger partial charge is 0.0675 e. The van der Waals surface area contributed by atoms with E-state index in [0.717, 1.165) is 38.0 Å².